The fourth-order valence-corrected chi connectivity index (χ4v) is 5.39. The molecule has 3 aliphatic rings. The molecular formula is C22H37N. The van der Waals surface area contributed by atoms with Crippen molar-refractivity contribution in [1.82, 2.24) is 5.32 Å². The van der Waals surface area contributed by atoms with Gasteiger partial charge in [0.25, 0.3) is 0 Å². The zero-order valence-electron chi connectivity index (χ0n) is 15.6. The Labute approximate surface area is 144 Å². The lowest BCUT2D eigenvalue weighted by molar-refractivity contribution is 0.268. The summed E-state index contributed by atoms with van der Waals surface area (Å²) in [5.74, 6) is 1.74. The summed E-state index contributed by atoms with van der Waals surface area (Å²) in [6, 6.07) is 0. The van der Waals surface area contributed by atoms with Crippen LogP contribution in [0.2, 0.25) is 0 Å². The predicted octanol–water partition coefficient (Wildman–Crippen LogP) is 6.71. The second-order valence-electron chi connectivity index (χ2n) is 8.62. The first-order chi connectivity index (χ1) is 11.1. The van der Waals surface area contributed by atoms with Crippen LogP contribution in [0.15, 0.2) is 23.5 Å². The Kier molecular flexibility index (Phi) is 5.54. The van der Waals surface area contributed by atoms with Gasteiger partial charge in [-0.15, -0.1) is 0 Å². The predicted molar refractivity (Wildman–Crippen MR) is 100 cm³/mol. The lowest BCUT2D eigenvalue weighted by Crippen LogP contribution is -2.31. The molecule has 0 aromatic carbocycles. The average Bonchev–Trinajstić information content (AvgIpc) is 2.87. The van der Waals surface area contributed by atoms with E-state index in [-0.39, 0.29) is 0 Å². The second-order valence-corrected chi connectivity index (χ2v) is 8.62. The van der Waals surface area contributed by atoms with Crippen LogP contribution in [-0.4, -0.2) is 0 Å². The highest BCUT2D eigenvalue weighted by atomic mass is 14.9. The molecular weight excluding hydrogens is 278 g/mol. The molecule has 2 saturated carbocycles. The molecule has 23 heavy (non-hydrogen) atoms. The minimum atomic E-state index is 0.377. The van der Waals surface area contributed by atoms with Crippen LogP contribution in [0.4, 0.5) is 0 Å². The summed E-state index contributed by atoms with van der Waals surface area (Å²) in [6.45, 7) is 9.33. The third-order valence-corrected chi connectivity index (χ3v) is 7.25. The quantitative estimate of drug-likeness (QED) is 0.596. The van der Waals surface area contributed by atoms with E-state index in [0.717, 1.165) is 11.8 Å². The van der Waals surface area contributed by atoms with Crippen molar-refractivity contribution in [2.45, 2.75) is 97.3 Å². The van der Waals surface area contributed by atoms with E-state index >= 15 is 0 Å². The summed E-state index contributed by atoms with van der Waals surface area (Å²) >= 11 is 0. The van der Waals surface area contributed by atoms with Crippen LogP contribution in [0.1, 0.15) is 97.3 Å². The van der Waals surface area contributed by atoms with Gasteiger partial charge in [-0.3, -0.25) is 0 Å². The normalized spacial score (nSPS) is 34.2. The fraction of sp³-hybridized carbons (Fsp3) is 0.818. The molecule has 1 nitrogen and oxygen atoms in total. The van der Waals surface area contributed by atoms with Crippen molar-refractivity contribution < 1.29 is 0 Å². The smallest absolute Gasteiger partial charge is 0.0169 e. The van der Waals surface area contributed by atoms with Gasteiger partial charge in [-0.2, -0.15) is 0 Å². The minimum Gasteiger partial charge on any atom is -0.362 e. The van der Waals surface area contributed by atoms with Crippen molar-refractivity contribution in [3.63, 3.8) is 0 Å². The van der Waals surface area contributed by atoms with Crippen LogP contribution in [0, 0.1) is 17.3 Å². The Hall–Kier alpha value is -0.720. The van der Waals surface area contributed by atoms with Crippen LogP contribution in [0.5, 0.6) is 0 Å². The molecule has 1 heterocycles. The molecule has 130 valence electrons. The standard InChI is InChI=1S/C22H37N/c1-4-19-9-8-14-22(16-13-19)15-12-17(2)21(23-18(22)3)20-10-6-5-7-11-20/h19-20,23H,3-16H2,1-2H3. The number of nitrogens with one attached hydrogen (secondary N) is 1. The Morgan fingerprint density at radius 1 is 1.00 bits per heavy atom. The summed E-state index contributed by atoms with van der Waals surface area (Å²) < 4.78 is 0. The van der Waals surface area contributed by atoms with Gasteiger partial charge in [0.05, 0.1) is 0 Å². The number of allylic oxidation sites excluding steroid dienone is 3. The van der Waals surface area contributed by atoms with Gasteiger partial charge in [0.2, 0.25) is 0 Å². The molecule has 1 N–H and O–H groups in total. The first-order valence-corrected chi connectivity index (χ1v) is 10.3. The number of hydrogen-bond donors (Lipinski definition) is 1. The molecule has 1 heteroatoms. The van der Waals surface area contributed by atoms with Crippen LogP contribution >= 0.6 is 0 Å². The molecule has 0 amide bonds. The lowest BCUT2D eigenvalue weighted by Gasteiger charge is -2.35. The zero-order valence-corrected chi connectivity index (χ0v) is 15.6. The van der Waals surface area contributed by atoms with Crippen molar-refractivity contribution >= 4 is 0 Å². The van der Waals surface area contributed by atoms with Crippen LogP contribution in [0.25, 0.3) is 0 Å². The molecule has 3 rings (SSSR count). The maximum atomic E-state index is 4.58. The minimum absolute atomic E-state index is 0.377. The van der Waals surface area contributed by atoms with E-state index in [0.29, 0.717) is 5.41 Å². The van der Waals surface area contributed by atoms with Crippen molar-refractivity contribution in [3.8, 4) is 0 Å². The Morgan fingerprint density at radius 2 is 1.78 bits per heavy atom. The van der Waals surface area contributed by atoms with E-state index in [2.05, 4.69) is 25.7 Å². The van der Waals surface area contributed by atoms with E-state index in [9.17, 15) is 0 Å². The monoisotopic (exact) mass is 315 g/mol. The van der Waals surface area contributed by atoms with Gasteiger partial charge in [-0.1, -0.05) is 57.6 Å². The highest BCUT2D eigenvalue weighted by Gasteiger charge is 2.38. The molecule has 1 spiro atoms. The summed E-state index contributed by atoms with van der Waals surface area (Å²) in [4.78, 5) is 0. The molecule has 0 saturated heterocycles. The van der Waals surface area contributed by atoms with E-state index in [1.807, 2.05) is 0 Å². The van der Waals surface area contributed by atoms with E-state index in [1.165, 1.54) is 89.2 Å². The average molecular weight is 316 g/mol. The summed E-state index contributed by atoms with van der Waals surface area (Å²) in [5.41, 5.74) is 4.95. The van der Waals surface area contributed by atoms with E-state index in [1.54, 1.807) is 11.3 Å². The maximum absolute atomic E-state index is 4.58. The molecule has 2 fully saturated rings. The molecule has 1 aliphatic heterocycles. The van der Waals surface area contributed by atoms with Gasteiger partial charge < -0.3 is 5.32 Å². The summed E-state index contributed by atoms with van der Waals surface area (Å²) in [6.07, 6.45) is 18.0. The molecule has 0 aromatic heterocycles. The number of rotatable bonds is 2. The first kappa shape index (κ1) is 17.1. The van der Waals surface area contributed by atoms with Gasteiger partial charge >= 0.3 is 0 Å². The molecule has 0 bridgehead atoms. The van der Waals surface area contributed by atoms with Gasteiger partial charge in [0.15, 0.2) is 0 Å². The summed E-state index contributed by atoms with van der Waals surface area (Å²) in [7, 11) is 0. The van der Waals surface area contributed by atoms with Crippen molar-refractivity contribution in [3.05, 3.63) is 23.5 Å². The summed E-state index contributed by atoms with van der Waals surface area (Å²) in [5, 5.41) is 3.90. The second kappa shape index (κ2) is 7.45. The number of hydrogen-bond acceptors (Lipinski definition) is 1. The first-order valence-electron chi connectivity index (χ1n) is 10.3. The largest absolute Gasteiger partial charge is 0.362 e. The molecule has 0 radical (unpaired) electrons. The highest BCUT2D eigenvalue weighted by Crippen LogP contribution is 2.48. The van der Waals surface area contributed by atoms with E-state index in [4.69, 9.17) is 0 Å². The van der Waals surface area contributed by atoms with Gasteiger partial charge in [-0.25, -0.2) is 0 Å². The molecule has 0 aromatic rings. The Balaban J connectivity index is 1.74. The molecule has 2 atom stereocenters. The maximum Gasteiger partial charge on any atom is 0.0169 e. The lowest BCUT2D eigenvalue weighted by atomic mass is 9.74. The SMILES string of the molecule is C=C1NC(C2CCCCC2)=C(C)CCC12CCCC(CC)CC2. The Morgan fingerprint density at radius 3 is 2.52 bits per heavy atom. The van der Waals surface area contributed by atoms with Crippen LogP contribution in [-0.2, 0) is 0 Å². The van der Waals surface area contributed by atoms with Crippen molar-refractivity contribution in [1.29, 1.82) is 0 Å². The highest BCUT2D eigenvalue weighted by molar-refractivity contribution is 5.26. The third-order valence-electron chi connectivity index (χ3n) is 7.25. The van der Waals surface area contributed by atoms with Crippen LogP contribution in [0.3, 0.4) is 0 Å². The van der Waals surface area contributed by atoms with Crippen LogP contribution < -0.4 is 5.32 Å². The Bertz CT molecular complexity index is 455. The van der Waals surface area contributed by atoms with Crippen molar-refractivity contribution in [2.24, 2.45) is 17.3 Å². The van der Waals surface area contributed by atoms with Gasteiger partial charge in [-0.05, 0) is 63.7 Å². The molecule has 2 aliphatic carbocycles. The van der Waals surface area contributed by atoms with Crippen molar-refractivity contribution in [2.75, 3.05) is 0 Å². The fourth-order valence-electron chi connectivity index (χ4n) is 5.39. The van der Waals surface area contributed by atoms with Gasteiger partial charge in [0, 0.05) is 16.8 Å². The van der Waals surface area contributed by atoms with Gasteiger partial charge in [0.1, 0.15) is 0 Å². The van der Waals surface area contributed by atoms with E-state index < -0.39 is 0 Å². The topological polar surface area (TPSA) is 12.0 Å². The zero-order chi connectivity index (χ0) is 16.3. The third kappa shape index (κ3) is 3.69. The molecule has 2 unspecified atom stereocenters.